The highest BCUT2D eigenvalue weighted by atomic mass is 35.5. The van der Waals surface area contributed by atoms with Gasteiger partial charge in [0.05, 0.1) is 9.40 Å². The van der Waals surface area contributed by atoms with E-state index in [4.69, 9.17) is 23.2 Å². The summed E-state index contributed by atoms with van der Waals surface area (Å²) in [5, 5.41) is 4.19. The molecular formula is C38H22Cl2S2. The minimum atomic E-state index is 0.758. The van der Waals surface area contributed by atoms with Crippen molar-refractivity contribution in [2.24, 2.45) is 0 Å². The molecule has 4 heteroatoms. The molecule has 2 aromatic heterocycles. The lowest BCUT2D eigenvalue weighted by atomic mass is 10.00. The lowest BCUT2D eigenvalue weighted by molar-refractivity contribution is 1.60. The van der Waals surface area contributed by atoms with Crippen molar-refractivity contribution < 1.29 is 0 Å². The molecule has 0 fully saturated rings. The first kappa shape index (κ1) is 25.8. The molecule has 0 aliphatic heterocycles. The highest BCUT2D eigenvalue weighted by Crippen LogP contribution is 2.46. The smallest absolute Gasteiger partial charge is 0.0542 e. The normalized spacial score (nSPS) is 11.6. The number of halogens is 2. The maximum absolute atomic E-state index is 6.06. The van der Waals surface area contributed by atoms with E-state index in [0.29, 0.717) is 0 Å². The maximum atomic E-state index is 6.06. The van der Waals surface area contributed by atoms with Crippen LogP contribution in [0.4, 0.5) is 0 Å². The minimum absolute atomic E-state index is 0.758. The molecule has 8 rings (SSSR count). The van der Waals surface area contributed by atoms with Crippen LogP contribution in [0.2, 0.25) is 10.0 Å². The average molecular weight is 614 g/mol. The molecular weight excluding hydrogens is 591 g/mol. The van der Waals surface area contributed by atoms with E-state index in [1.807, 2.05) is 46.9 Å². The van der Waals surface area contributed by atoms with Crippen LogP contribution in [-0.4, -0.2) is 0 Å². The van der Waals surface area contributed by atoms with Crippen LogP contribution in [0.15, 0.2) is 133 Å². The summed E-state index contributed by atoms with van der Waals surface area (Å²) in [6.07, 6.45) is 0. The third-order valence-corrected chi connectivity index (χ3v) is 10.9. The zero-order valence-electron chi connectivity index (χ0n) is 22.3. The summed E-state index contributed by atoms with van der Waals surface area (Å²) in [6.45, 7) is 0. The van der Waals surface area contributed by atoms with Crippen LogP contribution in [0, 0.1) is 0 Å². The van der Waals surface area contributed by atoms with Gasteiger partial charge in [0.25, 0.3) is 0 Å². The van der Waals surface area contributed by atoms with Gasteiger partial charge in [-0.2, -0.15) is 0 Å². The lowest BCUT2D eigenvalue weighted by Crippen LogP contribution is -1.80. The van der Waals surface area contributed by atoms with Crippen LogP contribution in [-0.2, 0) is 0 Å². The number of thiophene rings is 2. The van der Waals surface area contributed by atoms with Gasteiger partial charge in [-0.05, 0) is 80.9 Å². The Kier molecular flexibility index (Phi) is 6.39. The Morgan fingerprint density at radius 1 is 0.310 bits per heavy atom. The van der Waals surface area contributed by atoms with Crippen molar-refractivity contribution >= 4 is 75.4 Å². The molecule has 0 bridgehead atoms. The van der Waals surface area contributed by atoms with Crippen molar-refractivity contribution in [2.75, 3.05) is 0 Å². The Morgan fingerprint density at radius 3 is 0.905 bits per heavy atom. The van der Waals surface area contributed by atoms with E-state index in [9.17, 15) is 0 Å². The second-order valence-corrected chi connectivity index (χ2v) is 13.4. The summed E-state index contributed by atoms with van der Waals surface area (Å²) in [4.78, 5) is 0. The monoisotopic (exact) mass is 612 g/mol. The molecule has 6 aromatic carbocycles. The van der Waals surface area contributed by atoms with Crippen molar-refractivity contribution in [3.8, 4) is 44.5 Å². The van der Waals surface area contributed by atoms with Gasteiger partial charge < -0.3 is 0 Å². The second-order valence-electron chi connectivity index (χ2n) is 10.5. The molecule has 2 heterocycles. The molecule has 0 saturated heterocycles. The molecule has 0 aliphatic carbocycles. The predicted octanol–water partition coefficient (Wildman–Crippen LogP) is 13.2. The Morgan fingerprint density at radius 2 is 0.571 bits per heavy atom. The fraction of sp³-hybridized carbons (Fsp3) is 0. The Hall–Kier alpha value is -3.92. The molecule has 0 nitrogen and oxygen atoms in total. The second kappa shape index (κ2) is 10.4. The lowest BCUT2D eigenvalue weighted by Gasteiger charge is -2.06. The Bertz CT molecular complexity index is 2060. The molecule has 0 amide bonds. The van der Waals surface area contributed by atoms with Crippen LogP contribution >= 0.6 is 45.9 Å². The van der Waals surface area contributed by atoms with Crippen LogP contribution < -0.4 is 0 Å². The van der Waals surface area contributed by atoms with Gasteiger partial charge in [0, 0.05) is 30.2 Å². The molecule has 0 unspecified atom stereocenters. The van der Waals surface area contributed by atoms with Crippen LogP contribution in [0.25, 0.3) is 74.1 Å². The molecule has 200 valence electrons. The maximum Gasteiger partial charge on any atom is 0.0542 e. The Balaban J connectivity index is 1.10. The Labute approximate surface area is 262 Å². The standard InChI is InChI=1S/C38H22Cl2S2/c39-31-15-9-25(10-16-31)23-1-5-27(6-2-23)29-13-19-33-35(21-29)41-38-34-20-14-30(22-36(34)42-37(33)38)28-7-3-24(4-8-28)26-11-17-32(40)18-12-26/h1-22H. The summed E-state index contributed by atoms with van der Waals surface area (Å²) in [5.74, 6) is 0. The highest BCUT2D eigenvalue weighted by Gasteiger charge is 2.14. The van der Waals surface area contributed by atoms with E-state index in [1.165, 1.54) is 74.1 Å². The first-order valence-corrected chi connectivity index (χ1v) is 16.1. The quantitative estimate of drug-likeness (QED) is 0.185. The molecule has 0 N–H and O–H groups in total. The minimum Gasteiger partial charge on any atom is -0.134 e. The molecule has 0 radical (unpaired) electrons. The van der Waals surface area contributed by atoms with E-state index in [1.54, 1.807) is 0 Å². The van der Waals surface area contributed by atoms with Crippen molar-refractivity contribution in [1.29, 1.82) is 0 Å². The largest absolute Gasteiger partial charge is 0.134 e. The number of rotatable bonds is 4. The van der Waals surface area contributed by atoms with Crippen molar-refractivity contribution in [3.63, 3.8) is 0 Å². The van der Waals surface area contributed by atoms with Gasteiger partial charge in [0.15, 0.2) is 0 Å². The molecule has 0 saturated carbocycles. The van der Waals surface area contributed by atoms with Gasteiger partial charge in [-0.3, -0.25) is 0 Å². The highest BCUT2D eigenvalue weighted by molar-refractivity contribution is 7.36. The zero-order valence-corrected chi connectivity index (χ0v) is 25.4. The number of fused-ring (bicyclic) bond motifs is 5. The fourth-order valence-electron chi connectivity index (χ4n) is 5.61. The fourth-order valence-corrected chi connectivity index (χ4v) is 8.59. The average Bonchev–Trinajstić information content (AvgIpc) is 3.57. The number of benzene rings is 6. The van der Waals surface area contributed by atoms with Crippen LogP contribution in [0.3, 0.4) is 0 Å². The van der Waals surface area contributed by atoms with Gasteiger partial charge in [-0.25, -0.2) is 0 Å². The number of hydrogen-bond donors (Lipinski definition) is 0. The van der Waals surface area contributed by atoms with Crippen molar-refractivity contribution in [3.05, 3.63) is 144 Å². The molecule has 8 aromatic rings. The zero-order chi connectivity index (χ0) is 28.2. The van der Waals surface area contributed by atoms with Gasteiger partial charge in [0.1, 0.15) is 0 Å². The molecule has 0 spiro atoms. The van der Waals surface area contributed by atoms with Gasteiger partial charge in [-0.1, -0.05) is 120 Å². The van der Waals surface area contributed by atoms with Crippen LogP contribution in [0.5, 0.6) is 0 Å². The van der Waals surface area contributed by atoms with Crippen molar-refractivity contribution in [1.82, 2.24) is 0 Å². The van der Waals surface area contributed by atoms with E-state index < -0.39 is 0 Å². The van der Waals surface area contributed by atoms with E-state index in [0.717, 1.165) is 10.0 Å². The summed E-state index contributed by atoms with van der Waals surface area (Å²) in [7, 11) is 0. The molecule has 42 heavy (non-hydrogen) atoms. The predicted molar refractivity (Wildman–Crippen MR) is 186 cm³/mol. The topological polar surface area (TPSA) is 0 Å². The number of hydrogen-bond acceptors (Lipinski definition) is 2. The van der Waals surface area contributed by atoms with Crippen molar-refractivity contribution in [2.45, 2.75) is 0 Å². The summed E-state index contributed by atoms with van der Waals surface area (Å²) in [6, 6.07) is 47.4. The van der Waals surface area contributed by atoms with E-state index >= 15 is 0 Å². The first-order valence-electron chi connectivity index (χ1n) is 13.7. The van der Waals surface area contributed by atoms with E-state index in [2.05, 4.69) is 109 Å². The van der Waals surface area contributed by atoms with Gasteiger partial charge >= 0.3 is 0 Å². The third-order valence-electron chi connectivity index (χ3n) is 7.87. The summed E-state index contributed by atoms with van der Waals surface area (Å²) >= 11 is 15.9. The van der Waals surface area contributed by atoms with E-state index in [-0.39, 0.29) is 0 Å². The SMILES string of the molecule is Clc1ccc(-c2ccc(-c3ccc4c(c3)sc3c5ccc(-c6ccc(-c7ccc(Cl)cc7)cc6)cc5sc43)cc2)cc1. The third kappa shape index (κ3) is 4.62. The first-order chi connectivity index (χ1) is 20.6. The van der Waals surface area contributed by atoms with Gasteiger partial charge in [-0.15, -0.1) is 22.7 Å². The molecule has 0 aliphatic rings. The summed E-state index contributed by atoms with van der Waals surface area (Å²) in [5.41, 5.74) is 9.66. The van der Waals surface area contributed by atoms with Gasteiger partial charge in [0.2, 0.25) is 0 Å². The van der Waals surface area contributed by atoms with Crippen LogP contribution in [0.1, 0.15) is 0 Å². The summed E-state index contributed by atoms with van der Waals surface area (Å²) < 4.78 is 5.42. The molecule has 0 atom stereocenters.